The number of carbonyl (C=O) groups excluding carboxylic acids is 1. The summed E-state index contributed by atoms with van der Waals surface area (Å²) in [7, 11) is 1.64. The highest BCUT2D eigenvalue weighted by molar-refractivity contribution is 6.30. The molecule has 116 valence electrons. The Morgan fingerprint density at radius 3 is 2.87 bits per heavy atom. The summed E-state index contributed by atoms with van der Waals surface area (Å²) >= 11 is 5.92. The van der Waals surface area contributed by atoms with Gasteiger partial charge in [-0.2, -0.15) is 0 Å². The Labute approximate surface area is 140 Å². The molecule has 0 bridgehead atoms. The summed E-state index contributed by atoms with van der Waals surface area (Å²) in [6.07, 6.45) is 0.837. The van der Waals surface area contributed by atoms with Crippen LogP contribution in [0.25, 0.3) is 0 Å². The SMILES string of the molecule is COc1ccc2c(c1)CN(C(=O)C#Cc1cccc(Cl)c1)CC2. The number of nitrogens with zero attached hydrogens (tertiary/aromatic N) is 1. The smallest absolute Gasteiger partial charge is 0.299 e. The molecule has 0 aliphatic carbocycles. The summed E-state index contributed by atoms with van der Waals surface area (Å²) < 4.78 is 5.25. The molecule has 2 aromatic rings. The zero-order chi connectivity index (χ0) is 16.2. The van der Waals surface area contributed by atoms with E-state index in [0.717, 1.165) is 23.3 Å². The van der Waals surface area contributed by atoms with Crippen LogP contribution in [0.4, 0.5) is 0 Å². The highest BCUT2D eigenvalue weighted by atomic mass is 35.5. The quantitative estimate of drug-likeness (QED) is 0.753. The molecule has 0 N–H and O–H groups in total. The fourth-order valence-corrected chi connectivity index (χ4v) is 2.79. The van der Waals surface area contributed by atoms with Crippen molar-refractivity contribution in [2.24, 2.45) is 0 Å². The Morgan fingerprint density at radius 1 is 1.22 bits per heavy atom. The molecule has 1 aliphatic heterocycles. The third-order valence-electron chi connectivity index (χ3n) is 3.85. The topological polar surface area (TPSA) is 29.5 Å². The second-order valence-electron chi connectivity index (χ2n) is 5.37. The highest BCUT2D eigenvalue weighted by Gasteiger charge is 2.19. The third-order valence-corrected chi connectivity index (χ3v) is 4.09. The molecule has 0 fully saturated rings. The molecule has 0 radical (unpaired) electrons. The number of benzene rings is 2. The first-order chi connectivity index (χ1) is 11.2. The van der Waals surface area contributed by atoms with Crippen LogP contribution in [0.3, 0.4) is 0 Å². The second kappa shape index (κ2) is 6.76. The summed E-state index contributed by atoms with van der Waals surface area (Å²) in [5, 5.41) is 0.614. The summed E-state index contributed by atoms with van der Waals surface area (Å²) in [6.45, 7) is 1.25. The van der Waals surface area contributed by atoms with Crippen molar-refractivity contribution in [1.82, 2.24) is 4.90 Å². The minimum absolute atomic E-state index is 0.168. The van der Waals surface area contributed by atoms with E-state index < -0.39 is 0 Å². The summed E-state index contributed by atoms with van der Waals surface area (Å²) in [6, 6.07) is 13.2. The lowest BCUT2D eigenvalue weighted by molar-refractivity contribution is -0.125. The zero-order valence-electron chi connectivity index (χ0n) is 12.8. The van der Waals surface area contributed by atoms with Gasteiger partial charge in [-0.05, 0) is 47.9 Å². The van der Waals surface area contributed by atoms with Crippen LogP contribution < -0.4 is 4.74 Å². The average Bonchev–Trinajstić information content (AvgIpc) is 2.58. The summed E-state index contributed by atoms with van der Waals surface area (Å²) in [5.41, 5.74) is 3.12. The highest BCUT2D eigenvalue weighted by Crippen LogP contribution is 2.23. The van der Waals surface area contributed by atoms with Crippen molar-refractivity contribution < 1.29 is 9.53 Å². The fraction of sp³-hybridized carbons (Fsp3) is 0.211. The van der Waals surface area contributed by atoms with Crippen LogP contribution in [0.1, 0.15) is 16.7 Å². The number of hydrogen-bond acceptors (Lipinski definition) is 2. The van der Waals surface area contributed by atoms with Gasteiger partial charge in [0.15, 0.2) is 0 Å². The van der Waals surface area contributed by atoms with Gasteiger partial charge in [0.05, 0.1) is 7.11 Å². The summed E-state index contributed by atoms with van der Waals surface area (Å²) in [5.74, 6) is 6.22. The standard InChI is InChI=1S/C19H16ClNO2/c1-23-18-7-6-15-9-10-21(13-16(15)12-18)19(22)8-5-14-3-2-4-17(20)11-14/h2-4,6-7,11-12H,9-10,13H2,1H3. The van der Waals surface area contributed by atoms with E-state index in [1.807, 2.05) is 24.3 Å². The molecule has 2 aromatic carbocycles. The van der Waals surface area contributed by atoms with Gasteiger partial charge in [-0.15, -0.1) is 0 Å². The largest absolute Gasteiger partial charge is 0.497 e. The Hall–Kier alpha value is -2.44. The van der Waals surface area contributed by atoms with Crippen LogP contribution in [0.5, 0.6) is 5.75 Å². The van der Waals surface area contributed by atoms with E-state index in [-0.39, 0.29) is 5.91 Å². The van der Waals surface area contributed by atoms with Crippen LogP contribution in [0.15, 0.2) is 42.5 Å². The van der Waals surface area contributed by atoms with Crippen molar-refractivity contribution in [3.8, 4) is 17.6 Å². The van der Waals surface area contributed by atoms with Crippen molar-refractivity contribution in [3.63, 3.8) is 0 Å². The minimum Gasteiger partial charge on any atom is -0.497 e. The van der Waals surface area contributed by atoms with E-state index in [2.05, 4.69) is 17.9 Å². The van der Waals surface area contributed by atoms with Gasteiger partial charge in [0.1, 0.15) is 5.75 Å². The third kappa shape index (κ3) is 3.67. The number of fused-ring (bicyclic) bond motifs is 1. The van der Waals surface area contributed by atoms with Crippen LogP contribution in [0, 0.1) is 11.8 Å². The lowest BCUT2D eigenvalue weighted by Crippen LogP contribution is -2.35. The van der Waals surface area contributed by atoms with Gasteiger partial charge in [0.2, 0.25) is 0 Å². The average molecular weight is 326 g/mol. The van der Waals surface area contributed by atoms with Crippen molar-refractivity contribution in [1.29, 1.82) is 0 Å². The minimum atomic E-state index is -0.168. The van der Waals surface area contributed by atoms with Gasteiger partial charge in [-0.3, -0.25) is 4.79 Å². The van der Waals surface area contributed by atoms with Crippen molar-refractivity contribution in [3.05, 3.63) is 64.2 Å². The number of carbonyl (C=O) groups is 1. The molecule has 1 amide bonds. The lowest BCUT2D eigenvalue weighted by Gasteiger charge is -2.27. The molecule has 0 atom stereocenters. The maximum Gasteiger partial charge on any atom is 0.299 e. The van der Waals surface area contributed by atoms with E-state index in [4.69, 9.17) is 16.3 Å². The first-order valence-corrected chi connectivity index (χ1v) is 7.76. The maximum atomic E-state index is 12.3. The van der Waals surface area contributed by atoms with Gasteiger partial charge >= 0.3 is 0 Å². The molecule has 0 unspecified atom stereocenters. The van der Waals surface area contributed by atoms with E-state index in [0.29, 0.717) is 18.1 Å². The maximum absolute atomic E-state index is 12.3. The number of methoxy groups -OCH3 is 1. The van der Waals surface area contributed by atoms with Gasteiger partial charge in [0, 0.05) is 29.6 Å². The van der Waals surface area contributed by atoms with Crippen LogP contribution in [-0.4, -0.2) is 24.5 Å². The molecule has 1 aliphatic rings. The van der Waals surface area contributed by atoms with Gasteiger partial charge < -0.3 is 9.64 Å². The van der Waals surface area contributed by atoms with Crippen molar-refractivity contribution >= 4 is 17.5 Å². The molecule has 3 nitrogen and oxygen atoms in total. The molecule has 0 saturated carbocycles. The number of rotatable bonds is 1. The molecule has 0 aromatic heterocycles. The van der Waals surface area contributed by atoms with E-state index in [9.17, 15) is 4.79 Å². The predicted molar refractivity (Wildman–Crippen MR) is 90.4 cm³/mol. The first-order valence-electron chi connectivity index (χ1n) is 7.38. The monoisotopic (exact) mass is 325 g/mol. The van der Waals surface area contributed by atoms with Gasteiger partial charge in [0.25, 0.3) is 5.91 Å². The molecule has 3 rings (SSSR count). The Kier molecular flexibility index (Phi) is 4.55. The van der Waals surface area contributed by atoms with E-state index >= 15 is 0 Å². The van der Waals surface area contributed by atoms with Crippen LogP contribution in [0.2, 0.25) is 5.02 Å². The second-order valence-corrected chi connectivity index (χ2v) is 5.81. The van der Waals surface area contributed by atoms with E-state index in [1.165, 1.54) is 5.56 Å². The molecule has 0 spiro atoms. The number of amides is 1. The molecular formula is C19H16ClNO2. The molecular weight excluding hydrogens is 310 g/mol. The van der Waals surface area contributed by atoms with E-state index in [1.54, 1.807) is 24.1 Å². The number of ether oxygens (including phenoxy) is 1. The van der Waals surface area contributed by atoms with Crippen molar-refractivity contribution in [2.45, 2.75) is 13.0 Å². The van der Waals surface area contributed by atoms with Gasteiger partial charge in [-0.25, -0.2) is 0 Å². The molecule has 1 heterocycles. The summed E-state index contributed by atoms with van der Waals surface area (Å²) in [4.78, 5) is 14.1. The first kappa shape index (κ1) is 15.5. The fourth-order valence-electron chi connectivity index (χ4n) is 2.60. The molecule has 0 saturated heterocycles. The van der Waals surface area contributed by atoms with Crippen LogP contribution in [-0.2, 0) is 17.8 Å². The Balaban J connectivity index is 1.74. The Morgan fingerprint density at radius 2 is 2.09 bits per heavy atom. The zero-order valence-corrected chi connectivity index (χ0v) is 13.6. The normalized spacial score (nSPS) is 12.9. The predicted octanol–water partition coefficient (Wildman–Crippen LogP) is 3.29. The number of hydrogen-bond donors (Lipinski definition) is 0. The molecule has 4 heteroatoms. The van der Waals surface area contributed by atoms with Crippen molar-refractivity contribution in [2.75, 3.05) is 13.7 Å². The van der Waals surface area contributed by atoms with Crippen LogP contribution >= 0.6 is 11.6 Å². The Bertz CT molecular complexity index is 805. The number of halogens is 1. The molecule has 23 heavy (non-hydrogen) atoms. The lowest BCUT2D eigenvalue weighted by atomic mass is 9.99. The van der Waals surface area contributed by atoms with Gasteiger partial charge in [-0.1, -0.05) is 29.7 Å².